The summed E-state index contributed by atoms with van der Waals surface area (Å²) < 4.78 is 0. The Bertz CT molecular complexity index is 1210. The van der Waals surface area contributed by atoms with Gasteiger partial charge in [-0.05, 0) is 30.2 Å². The molecule has 0 radical (unpaired) electrons. The van der Waals surface area contributed by atoms with Crippen LogP contribution in [0.1, 0.15) is 26.2 Å². The maximum Gasteiger partial charge on any atom is 0.263 e. The predicted molar refractivity (Wildman–Crippen MR) is 121 cm³/mol. The Labute approximate surface area is 177 Å². The summed E-state index contributed by atoms with van der Waals surface area (Å²) in [6, 6.07) is 15.2. The molecule has 0 spiro atoms. The minimum absolute atomic E-state index is 0.0208. The molecule has 0 unspecified atom stereocenters. The Morgan fingerprint density at radius 2 is 1.93 bits per heavy atom. The summed E-state index contributed by atoms with van der Waals surface area (Å²) in [4.78, 5) is 33.3. The van der Waals surface area contributed by atoms with Crippen LogP contribution in [0.5, 0.6) is 0 Å². The number of nitrogens with one attached hydrogen (secondary N) is 1. The fraction of sp³-hybridized carbons (Fsp3) is 0.174. The average Bonchev–Trinajstić information content (AvgIpc) is 2.69. The number of nitrogens with zero attached hydrogens (tertiary/aromatic N) is 1. The van der Waals surface area contributed by atoms with Gasteiger partial charge in [-0.1, -0.05) is 67.0 Å². The van der Waals surface area contributed by atoms with Crippen LogP contribution in [0.15, 0.2) is 75.0 Å². The lowest BCUT2D eigenvalue weighted by Crippen LogP contribution is -2.14. The van der Waals surface area contributed by atoms with Crippen molar-refractivity contribution in [2.75, 3.05) is 0 Å². The van der Waals surface area contributed by atoms with E-state index in [2.05, 4.69) is 9.98 Å². The van der Waals surface area contributed by atoms with Crippen LogP contribution >= 0.6 is 23.4 Å². The molecule has 0 saturated carbocycles. The molecule has 2 aromatic carbocycles. The smallest absolute Gasteiger partial charge is 0.263 e. The third kappa shape index (κ3) is 4.21. The minimum Gasteiger partial charge on any atom is -0.321 e. The second-order valence-electron chi connectivity index (χ2n) is 6.85. The lowest BCUT2D eigenvalue weighted by molar-refractivity contribution is -0.113. The second kappa shape index (κ2) is 8.39. The van der Waals surface area contributed by atoms with Gasteiger partial charge in [0.25, 0.3) is 5.56 Å². The highest BCUT2D eigenvalue weighted by Crippen LogP contribution is 2.37. The molecule has 2 heterocycles. The molecule has 0 bridgehead atoms. The molecule has 1 N–H and O–H groups in total. The molecule has 0 aliphatic carbocycles. The monoisotopic (exact) mass is 422 g/mol. The maximum atomic E-state index is 13.0. The van der Waals surface area contributed by atoms with Crippen LogP contribution in [-0.4, -0.2) is 15.8 Å². The van der Waals surface area contributed by atoms with E-state index in [0.29, 0.717) is 15.0 Å². The molecule has 0 atom stereocenters. The van der Waals surface area contributed by atoms with E-state index in [9.17, 15) is 9.59 Å². The highest BCUT2D eigenvalue weighted by Gasteiger charge is 2.21. The molecular formula is C23H19ClN2O2S. The summed E-state index contributed by atoms with van der Waals surface area (Å²) >= 11 is 7.53. The Morgan fingerprint density at radius 1 is 1.14 bits per heavy atom. The fourth-order valence-electron chi connectivity index (χ4n) is 3.41. The van der Waals surface area contributed by atoms with Gasteiger partial charge >= 0.3 is 0 Å². The third-order valence-corrected chi connectivity index (χ3v) is 5.94. The van der Waals surface area contributed by atoms with E-state index in [4.69, 9.17) is 11.6 Å². The number of carbonyl (C=O) groups excluding carboxylic acids is 1. The number of aromatic nitrogens is 1. The Hall–Kier alpha value is -2.63. The van der Waals surface area contributed by atoms with Crippen LogP contribution in [0.25, 0.3) is 22.0 Å². The zero-order valence-corrected chi connectivity index (χ0v) is 17.4. The second-order valence-corrected chi connectivity index (χ2v) is 8.37. The number of thioether (sulfide) groups is 1. The first-order chi connectivity index (χ1) is 14.0. The number of ketones is 1. The van der Waals surface area contributed by atoms with Gasteiger partial charge < -0.3 is 4.98 Å². The van der Waals surface area contributed by atoms with E-state index >= 15 is 0 Å². The van der Waals surface area contributed by atoms with Gasteiger partial charge in [-0.2, -0.15) is 0 Å². The predicted octanol–water partition coefficient (Wildman–Crippen LogP) is 6.00. The number of carbonyl (C=O) groups is 1. The number of hydrogen-bond acceptors (Lipinski definition) is 4. The number of H-pyrrole nitrogens is 1. The summed E-state index contributed by atoms with van der Waals surface area (Å²) in [5.41, 5.74) is 3.01. The van der Waals surface area contributed by atoms with Crippen molar-refractivity contribution in [3.05, 3.63) is 75.7 Å². The summed E-state index contributed by atoms with van der Waals surface area (Å²) in [6.45, 7) is 2.05. The first kappa shape index (κ1) is 19.7. The lowest BCUT2D eigenvalue weighted by Gasteiger charge is -2.15. The molecule has 29 heavy (non-hydrogen) atoms. The van der Waals surface area contributed by atoms with Crippen molar-refractivity contribution < 1.29 is 4.79 Å². The van der Waals surface area contributed by atoms with E-state index in [1.165, 1.54) is 11.8 Å². The lowest BCUT2D eigenvalue weighted by atomic mass is 10.0. The maximum absolute atomic E-state index is 13.0. The molecule has 1 aromatic heterocycles. The van der Waals surface area contributed by atoms with Gasteiger partial charge in [0.05, 0.1) is 16.4 Å². The standard InChI is InChI=1S/C23H19ClN2O2S/c1-2-6-16-12-17(27)13-20(25-16)29-22-21(14-7-4-3-5-8-14)18-11-15(24)9-10-19(18)26-23(22)28/h3-5,7-12H,2,6,13H2,1H3,(H,26,28). The Morgan fingerprint density at radius 3 is 2.69 bits per heavy atom. The summed E-state index contributed by atoms with van der Waals surface area (Å²) in [7, 11) is 0. The highest BCUT2D eigenvalue weighted by atomic mass is 35.5. The van der Waals surface area contributed by atoms with Crippen molar-refractivity contribution >= 4 is 45.1 Å². The molecule has 3 aromatic rings. The Kier molecular flexibility index (Phi) is 5.69. The molecule has 0 saturated heterocycles. The summed E-state index contributed by atoms with van der Waals surface area (Å²) in [6.07, 6.45) is 3.46. The van der Waals surface area contributed by atoms with Crippen molar-refractivity contribution in [1.29, 1.82) is 0 Å². The van der Waals surface area contributed by atoms with Crippen molar-refractivity contribution in [2.45, 2.75) is 31.1 Å². The SMILES string of the molecule is CCCC1=CC(=O)CC(Sc2c(-c3ccccc3)c3cc(Cl)ccc3[nH]c2=O)=N1. The number of benzene rings is 2. The summed E-state index contributed by atoms with van der Waals surface area (Å²) in [5.74, 6) is 0.0208. The first-order valence-electron chi connectivity index (χ1n) is 9.45. The number of halogens is 1. The van der Waals surface area contributed by atoms with Crippen LogP contribution in [0.3, 0.4) is 0 Å². The topological polar surface area (TPSA) is 62.3 Å². The number of aromatic amines is 1. The molecule has 1 aliphatic rings. The van der Waals surface area contributed by atoms with Gasteiger partial charge in [0.15, 0.2) is 5.78 Å². The van der Waals surface area contributed by atoms with E-state index in [1.807, 2.05) is 49.4 Å². The normalized spacial score (nSPS) is 14.1. The third-order valence-electron chi connectivity index (χ3n) is 4.64. The zero-order chi connectivity index (χ0) is 20.4. The van der Waals surface area contributed by atoms with E-state index in [0.717, 1.165) is 40.6 Å². The van der Waals surface area contributed by atoms with Gasteiger partial charge in [-0.3, -0.25) is 14.6 Å². The van der Waals surface area contributed by atoms with Gasteiger partial charge in [-0.25, -0.2) is 0 Å². The molecule has 1 aliphatic heterocycles. The molecule has 6 heteroatoms. The zero-order valence-electron chi connectivity index (χ0n) is 15.9. The van der Waals surface area contributed by atoms with Crippen molar-refractivity contribution in [1.82, 2.24) is 4.98 Å². The molecule has 4 rings (SSSR count). The molecule has 146 valence electrons. The number of allylic oxidation sites excluding steroid dienone is 2. The van der Waals surface area contributed by atoms with Crippen molar-refractivity contribution in [3.63, 3.8) is 0 Å². The van der Waals surface area contributed by atoms with Crippen molar-refractivity contribution in [2.24, 2.45) is 4.99 Å². The number of hydrogen-bond donors (Lipinski definition) is 1. The highest BCUT2D eigenvalue weighted by molar-refractivity contribution is 8.14. The van der Waals surface area contributed by atoms with E-state index in [-0.39, 0.29) is 17.8 Å². The number of rotatable bonds is 4. The molecule has 0 fully saturated rings. The van der Waals surface area contributed by atoms with Crippen molar-refractivity contribution in [3.8, 4) is 11.1 Å². The molecule has 0 amide bonds. The van der Waals surface area contributed by atoms with Crippen LogP contribution in [0.4, 0.5) is 0 Å². The number of pyridine rings is 1. The minimum atomic E-state index is -0.203. The summed E-state index contributed by atoms with van der Waals surface area (Å²) in [5, 5.41) is 2.10. The number of fused-ring (bicyclic) bond motifs is 1. The van der Waals surface area contributed by atoms with Crippen LogP contribution in [0, 0.1) is 0 Å². The Balaban J connectivity index is 1.90. The number of aliphatic imine (C=N–C) groups is 1. The van der Waals surface area contributed by atoms with Gasteiger partial charge in [0.1, 0.15) is 0 Å². The van der Waals surface area contributed by atoms with E-state index in [1.54, 1.807) is 12.1 Å². The fourth-order valence-corrected chi connectivity index (χ4v) is 4.67. The molecule has 4 nitrogen and oxygen atoms in total. The first-order valence-corrected chi connectivity index (χ1v) is 10.6. The molecular weight excluding hydrogens is 404 g/mol. The van der Waals surface area contributed by atoms with Crippen LogP contribution in [-0.2, 0) is 4.79 Å². The van der Waals surface area contributed by atoms with Gasteiger partial charge in [-0.15, -0.1) is 0 Å². The van der Waals surface area contributed by atoms with E-state index < -0.39 is 0 Å². The largest absolute Gasteiger partial charge is 0.321 e. The van der Waals surface area contributed by atoms with Gasteiger partial charge in [0.2, 0.25) is 0 Å². The van der Waals surface area contributed by atoms with Crippen LogP contribution in [0.2, 0.25) is 5.02 Å². The average molecular weight is 423 g/mol. The van der Waals surface area contributed by atoms with Gasteiger partial charge in [0, 0.05) is 33.3 Å². The van der Waals surface area contributed by atoms with Crippen LogP contribution < -0.4 is 5.56 Å². The quantitative estimate of drug-likeness (QED) is 0.561.